The number of rotatable bonds is 5. The van der Waals surface area contributed by atoms with Crippen LogP contribution in [0.1, 0.15) is 25.7 Å². The van der Waals surface area contributed by atoms with Crippen molar-refractivity contribution in [1.82, 2.24) is 24.6 Å². The Hall–Kier alpha value is -1.62. The molecule has 0 aromatic carbocycles. The van der Waals surface area contributed by atoms with E-state index in [4.69, 9.17) is 0 Å². The quantitative estimate of drug-likeness (QED) is 0.848. The Balaban J connectivity index is 1.90. The van der Waals surface area contributed by atoms with E-state index in [0.717, 1.165) is 12.4 Å². The molecule has 2 heterocycles. The number of imidazole rings is 1. The van der Waals surface area contributed by atoms with Crippen LogP contribution in [0, 0.1) is 0 Å². The van der Waals surface area contributed by atoms with E-state index in [1.54, 1.807) is 6.20 Å². The van der Waals surface area contributed by atoms with E-state index in [1.807, 2.05) is 41.0 Å². The van der Waals surface area contributed by atoms with E-state index < -0.39 is 0 Å². The average molecular weight is 233 g/mol. The number of hydrogen-bond acceptors (Lipinski definition) is 3. The second-order valence-electron chi connectivity index (χ2n) is 4.41. The van der Waals surface area contributed by atoms with Crippen molar-refractivity contribution in [2.45, 2.75) is 32.5 Å². The maximum absolute atomic E-state index is 4.34. The molecule has 0 bridgehead atoms. The maximum Gasteiger partial charge on any atom is 0.125 e. The Morgan fingerprint density at radius 1 is 1.29 bits per heavy atom. The number of nitrogens with zero attached hydrogens (tertiary/aromatic N) is 4. The molecule has 17 heavy (non-hydrogen) atoms. The third-order valence-corrected chi connectivity index (χ3v) is 2.80. The average Bonchev–Trinajstić information content (AvgIpc) is 2.88. The predicted molar refractivity (Wildman–Crippen MR) is 66.4 cm³/mol. The molecule has 0 spiro atoms. The van der Waals surface area contributed by atoms with Gasteiger partial charge in [-0.05, 0) is 19.9 Å². The van der Waals surface area contributed by atoms with Crippen molar-refractivity contribution in [3.63, 3.8) is 0 Å². The van der Waals surface area contributed by atoms with Crippen molar-refractivity contribution in [2.75, 3.05) is 0 Å². The van der Waals surface area contributed by atoms with Gasteiger partial charge in [-0.1, -0.05) is 0 Å². The minimum absolute atomic E-state index is 0.237. The van der Waals surface area contributed by atoms with Crippen molar-refractivity contribution >= 4 is 0 Å². The van der Waals surface area contributed by atoms with E-state index in [0.29, 0.717) is 6.04 Å². The highest BCUT2D eigenvalue weighted by Crippen LogP contribution is 2.09. The fourth-order valence-corrected chi connectivity index (χ4v) is 2.04. The molecule has 2 aromatic rings. The summed E-state index contributed by atoms with van der Waals surface area (Å²) >= 11 is 0. The Kier molecular flexibility index (Phi) is 3.58. The minimum Gasteiger partial charge on any atom is -0.337 e. The van der Waals surface area contributed by atoms with Crippen molar-refractivity contribution < 1.29 is 0 Å². The first kappa shape index (κ1) is 11.9. The number of hydrogen-bond donors (Lipinski definition) is 1. The summed E-state index contributed by atoms with van der Waals surface area (Å²) in [6, 6.07) is 2.52. The lowest BCUT2D eigenvalue weighted by Gasteiger charge is -2.19. The molecule has 0 saturated carbocycles. The normalized spacial score (nSPS) is 14.8. The van der Waals surface area contributed by atoms with E-state index in [1.165, 1.54) is 0 Å². The Labute approximate surface area is 101 Å². The lowest BCUT2D eigenvalue weighted by molar-refractivity contribution is 0.400. The first-order valence-corrected chi connectivity index (χ1v) is 5.87. The molecular weight excluding hydrogens is 214 g/mol. The zero-order valence-corrected chi connectivity index (χ0v) is 10.5. The molecule has 0 saturated heterocycles. The summed E-state index contributed by atoms with van der Waals surface area (Å²) in [5.41, 5.74) is 0. The molecule has 0 aliphatic rings. The molecule has 0 radical (unpaired) electrons. The molecule has 0 aliphatic heterocycles. The number of nitrogens with one attached hydrogen (secondary N) is 1. The van der Waals surface area contributed by atoms with Crippen LogP contribution in [0.2, 0.25) is 0 Å². The second kappa shape index (κ2) is 5.14. The Morgan fingerprint density at radius 3 is 2.71 bits per heavy atom. The van der Waals surface area contributed by atoms with Crippen molar-refractivity contribution in [1.29, 1.82) is 0 Å². The van der Waals surface area contributed by atoms with Crippen LogP contribution in [0.15, 0.2) is 30.9 Å². The van der Waals surface area contributed by atoms with E-state index in [2.05, 4.69) is 29.2 Å². The van der Waals surface area contributed by atoms with Crippen LogP contribution in [0.4, 0.5) is 0 Å². The highest BCUT2D eigenvalue weighted by atomic mass is 15.3. The third-order valence-electron chi connectivity index (χ3n) is 2.80. The third kappa shape index (κ3) is 2.94. The van der Waals surface area contributed by atoms with Crippen molar-refractivity contribution in [3.05, 3.63) is 36.7 Å². The highest BCUT2D eigenvalue weighted by molar-refractivity contribution is 4.97. The molecule has 5 nitrogen and oxygen atoms in total. The van der Waals surface area contributed by atoms with Crippen molar-refractivity contribution in [2.24, 2.45) is 7.05 Å². The molecule has 5 heteroatoms. The number of aryl methyl sites for hydroxylation is 1. The lowest BCUT2D eigenvalue weighted by atomic mass is 10.2. The summed E-state index contributed by atoms with van der Waals surface area (Å²) in [5, 5.41) is 7.72. The lowest BCUT2D eigenvalue weighted by Crippen LogP contribution is -2.33. The van der Waals surface area contributed by atoms with Gasteiger partial charge >= 0.3 is 0 Å². The molecule has 0 fully saturated rings. The standard InChI is InChI=1S/C12H19N5/c1-10(9-17-7-4-5-14-17)15-11(2)12-13-6-8-16(12)3/h4-8,10-11,15H,9H2,1-3H3. The van der Waals surface area contributed by atoms with E-state index in [9.17, 15) is 0 Å². The van der Waals surface area contributed by atoms with Gasteiger partial charge in [0.2, 0.25) is 0 Å². The molecule has 1 N–H and O–H groups in total. The van der Waals surface area contributed by atoms with Crippen LogP contribution in [-0.2, 0) is 13.6 Å². The first-order chi connectivity index (χ1) is 8.16. The van der Waals surface area contributed by atoms with Crippen LogP contribution >= 0.6 is 0 Å². The van der Waals surface area contributed by atoms with Gasteiger partial charge in [-0.3, -0.25) is 4.68 Å². The Morgan fingerprint density at radius 2 is 2.12 bits per heavy atom. The SMILES string of the molecule is CC(Cn1cccn1)NC(C)c1nccn1C. The van der Waals surface area contributed by atoms with Gasteiger partial charge in [0.15, 0.2) is 0 Å². The topological polar surface area (TPSA) is 47.7 Å². The van der Waals surface area contributed by atoms with Crippen LogP contribution in [-0.4, -0.2) is 25.4 Å². The maximum atomic E-state index is 4.34. The van der Waals surface area contributed by atoms with Gasteiger partial charge in [-0.15, -0.1) is 0 Å². The summed E-state index contributed by atoms with van der Waals surface area (Å²) in [7, 11) is 2.01. The fourth-order valence-electron chi connectivity index (χ4n) is 2.04. The zero-order valence-electron chi connectivity index (χ0n) is 10.5. The van der Waals surface area contributed by atoms with E-state index in [-0.39, 0.29) is 6.04 Å². The van der Waals surface area contributed by atoms with Gasteiger partial charge in [0, 0.05) is 37.9 Å². The van der Waals surface area contributed by atoms with Gasteiger partial charge in [0.25, 0.3) is 0 Å². The summed E-state index contributed by atoms with van der Waals surface area (Å²) in [6.07, 6.45) is 7.57. The molecule has 2 aromatic heterocycles. The monoisotopic (exact) mass is 233 g/mol. The van der Waals surface area contributed by atoms with Crippen LogP contribution < -0.4 is 5.32 Å². The molecular formula is C12H19N5. The molecule has 0 amide bonds. The zero-order chi connectivity index (χ0) is 12.3. The van der Waals surface area contributed by atoms with Gasteiger partial charge < -0.3 is 9.88 Å². The summed E-state index contributed by atoms with van der Waals surface area (Å²) in [4.78, 5) is 4.34. The van der Waals surface area contributed by atoms with E-state index >= 15 is 0 Å². The fraction of sp³-hybridized carbons (Fsp3) is 0.500. The van der Waals surface area contributed by atoms with Gasteiger partial charge in [0.1, 0.15) is 5.82 Å². The molecule has 0 aliphatic carbocycles. The summed E-state index contributed by atoms with van der Waals surface area (Å²) in [6.45, 7) is 5.14. The van der Waals surface area contributed by atoms with Crippen LogP contribution in [0.3, 0.4) is 0 Å². The smallest absolute Gasteiger partial charge is 0.125 e. The first-order valence-electron chi connectivity index (χ1n) is 5.87. The Bertz CT molecular complexity index is 445. The predicted octanol–water partition coefficient (Wildman–Crippen LogP) is 1.36. The molecule has 2 unspecified atom stereocenters. The minimum atomic E-state index is 0.237. The van der Waals surface area contributed by atoms with Gasteiger partial charge in [-0.25, -0.2) is 4.98 Å². The van der Waals surface area contributed by atoms with Gasteiger partial charge in [0.05, 0.1) is 12.6 Å². The van der Waals surface area contributed by atoms with Gasteiger partial charge in [-0.2, -0.15) is 5.10 Å². The van der Waals surface area contributed by atoms with Crippen LogP contribution in [0.5, 0.6) is 0 Å². The largest absolute Gasteiger partial charge is 0.337 e. The molecule has 2 atom stereocenters. The summed E-state index contributed by atoms with van der Waals surface area (Å²) < 4.78 is 3.97. The highest BCUT2D eigenvalue weighted by Gasteiger charge is 2.13. The van der Waals surface area contributed by atoms with Crippen LogP contribution in [0.25, 0.3) is 0 Å². The summed E-state index contributed by atoms with van der Waals surface area (Å²) in [5.74, 6) is 1.05. The number of aromatic nitrogens is 4. The second-order valence-corrected chi connectivity index (χ2v) is 4.41. The molecule has 2 rings (SSSR count). The van der Waals surface area contributed by atoms with Crippen molar-refractivity contribution in [3.8, 4) is 0 Å². The molecule has 92 valence electrons.